The Morgan fingerprint density at radius 2 is 1.93 bits per heavy atom. The van der Waals surface area contributed by atoms with Crippen LogP contribution in [0, 0.1) is 11.3 Å². The normalized spacial score (nSPS) is 10.1. The molecule has 0 spiro atoms. The predicted molar refractivity (Wildman–Crippen MR) is 119 cm³/mol. The number of pyridine rings is 1. The first-order valence-electron chi connectivity index (χ1n) is 8.95. The van der Waals surface area contributed by atoms with E-state index >= 15 is 0 Å². The molecule has 2 aromatic carbocycles. The maximum atomic E-state index is 9.44. The van der Waals surface area contributed by atoms with Crippen molar-refractivity contribution in [3.63, 3.8) is 0 Å². The second kappa shape index (κ2) is 9.57. The maximum Gasteiger partial charge on any atom is 0.170 e. The number of nitrogens with one attached hydrogen (secondary N) is 3. The van der Waals surface area contributed by atoms with E-state index in [4.69, 9.17) is 21.7 Å². The van der Waals surface area contributed by atoms with Gasteiger partial charge in [-0.3, -0.25) is 0 Å². The lowest BCUT2D eigenvalue weighted by Gasteiger charge is -2.14. The molecule has 8 heteroatoms. The first-order chi connectivity index (χ1) is 14.1. The van der Waals surface area contributed by atoms with Crippen LogP contribution in [0.4, 0.5) is 11.5 Å². The number of aromatic nitrogens is 1. The Hall–Kier alpha value is -3.57. The van der Waals surface area contributed by atoms with Crippen LogP contribution in [-0.4, -0.2) is 37.4 Å². The quantitative estimate of drug-likeness (QED) is 0.405. The van der Waals surface area contributed by atoms with Gasteiger partial charge in [0.15, 0.2) is 5.11 Å². The molecule has 0 radical (unpaired) electrons. The van der Waals surface area contributed by atoms with Gasteiger partial charge in [0.2, 0.25) is 0 Å². The number of nitriles is 1. The van der Waals surface area contributed by atoms with Crippen molar-refractivity contribution >= 4 is 39.7 Å². The Kier molecular flexibility index (Phi) is 6.66. The Balaban J connectivity index is 1.58. The van der Waals surface area contributed by atoms with Gasteiger partial charge in [0.1, 0.15) is 23.4 Å². The lowest BCUT2D eigenvalue weighted by molar-refractivity contribution is 0.415. The van der Waals surface area contributed by atoms with E-state index in [1.54, 1.807) is 20.3 Å². The van der Waals surface area contributed by atoms with Gasteiger partial charge in [-0.2, -0.15) is 5.26 Å². The number of nitrogens with zero attached hydrogens (tertiary/aromatic N) is 2. The molecule has 1 heterocycles. The van der Waals surface area contributed by atoms with E-state index in [-0.39, 0.29) is 0 Å². The molecule has 0 fully saturated rings. The topological polar surface area (TPSA) is 91.2 Å². The van der Waals surface area contributed by atoms with Gasteiger partial charge < -0.3 is 25.4 Å². The summed E-state index contributed by atoms with van der Waals surface area (Å²) in [6.07, 6.45) is 0. The summed E-state index contributed by atoms with van der Waals surface area (Å²) in [6.45, 7) is 1.09. The molecule has 0 aliphatic carbocycles. The summed E-state index contributed by atoms with van der Waals surface area (Å²) in [6, 6.07) is 17.1. The highest BCUT2D eigenvalue weighted by Crippen LogP contribution is 2.24. The molecule has 3 rings (SSSR count). The van der Waals surface area contributed by atoms with E-state index in [9.17, 15) is 5.26 Å². The van der Waals surface area contributed by atoms with Gasteiger partial charge in [0, 0.05) is 18.5 Å². The van der Waals surface area contributed by atoms with E-state index in [1.807, 2.05) is 42.5 Å². The molecule has 0 amide bonds. The molecule has 0 saturated heterocycles. The number of thiocarbonyl (C=S) groups is 1. The largest absolute Gasteiger partial charge is 0.497 e. The molecule has 3 aromatic rings. The third kappa shape index (κ3) is 5.03. The summed E-state index contributed by atoms with van der Waals surface area (Å²) in [4.78, 5) is 4.55. The van der Waals surface area contributed by atoms with Crippen LogP contribution in [-0.2, 0) is 0 Å². The minimum atomic E-state index is 0.473. The SMILES string of the molecule is COc1ccc2nc(NCCNC(=S)Nc3ccccc3OC)c(C#N)cc2c1. The van der Waals surface area contributed by atoms with E-state index in [0.29, 0.717) is 35.3 Å². The zero-order valence-electron chi connectivity index (χ0n) is 16.2. The molecular formula is C21H21N5O2S. The van der Waals surface area contributed by atoms with E-state index < -0.39 is 0 Å². The second-order valence-corrected chi connectivity index (χ2v) is 6.47. The van der Waals surface area contributed by atoms with Crippen LogP contribution in [0.3, 0.4) is 0 Å². The van der Waals surface area contributed by atoms with Crippen molar-refractivity contribution in [3.05, 3.63) is 54.1 Å². The molecule has 0 aliphatic rings. The minimum absolute atomic E-state index is 0.473. The average Bonchev–Trinajstić information content (AvgIpc) is 2.76. The predicted octanol–water partition coefficient (Wildman–Crippen LogP) is 3.52. The fourth-order valence-corrected chi connectivity index (χ4v) is 2.98. The van der Waals surface area contributed by atoms with Gasteiger partial charge in [-0.25, -0.2) is 4.98 Å². The number of para-hydroxylation sites is 2. The van der Waals surface area contributed by atoms with Gasteiger partial charge in [0.25, 0.3) is 0 Å². The van der Waals surface area contributed by atoms with E-state index in [2.05, 4.69) is 27.0 Å². The molecule has 0 saturated carbocycles. The second-order valence-electron chi connectivity index (χ2n) is 6.06. The smallest absolute Gasteiger partial charge is 0.170 e. The van der Waals surface area contributed by atoms with Crippen molar-refractivity contribution in [2.75, 3.05) is 37.9 Å². The third-order valence-corrected chi connectivity index (χ3v) is 4.45. The molecule has 7 nitrogen and oxygen atoms in total. The van der Waals surface area contributed by atoms with E-state index in [0.717, 1.165) is 22.3 Å². The fourth-order valence-electron chi connectivity index (χ4n) is 2.77. The minimum Gasteiger partial charge on any atom is -0.497 e. The first kappa shape index (κ1) is 20.2. The number of rotatable bonds is 7. The number of benzene rings is 2. The lowest BCUT2D eigenvalue weighted by Crippen LogP contribution is -2.32. The van der Waals surface area contributed by atoms with Gasteiger partial charge >= 0.3 is 0 Å². The van der Waals surface area contributed by atoms with Crippen LogP contribution in [0.25, 0.3) is 10.9 Å². The Bertz CT molecular complexity index is 1060. The highest BCUT2D eigenvalue weighted by atomic mass is 32.1. The summed E-state index contributed by atoms with van der Waals surface area (Å²) in [7, 11) is 3.22. The van der Waals surface area contributed by atoms with Crippen molar-refractivity contribution in [3.8, 4) is 17.6 Å². The summed E-state index contributed by atoms with van der Waals surface area (Å²) < 4.78 is 10.5. The van der Waals surface area contributed by atoms with Gasteiger partial charge in [-0.15, -0.1) is 0 Å². The number of ether oxygens (including phenoxy) is 2. The highest BCUT2D eigenvalue weighted by Gasteiger charge is 2.08. The molecule has 0 bridgehead atoms. The average molecular weight is 407 g/mol. The van der Waals surface area contributed by atoms with Gasteiger partial charge in [0.05, 0.1) is 31.0 Å². The molecule has 0 atom stereocenters. The lowest BCUT2D eigenvalue weighted by atomic mass is 10.1. The Morgan fingerprint density at radius 1 is 1.10 bits per heavy atom. The van der Waals surface area contributed by atoms with Crippen LogP contribution in [0.1, 0.15) is 5.56 Å². The van der Waals surface area contributed by atoms with Crippen LogP contribution >= 0.6 is 12.2 Å². The summed E-state index contributed by atoms with van der Waals surface area (Å²) >= 11 is 5.32. The number of anilines is 2. The van der Waals surface area contributed by atoms with Crippen LogP contribution in [0.5, 0.6) is 11.5 Å². The monoisotopic (exact) mass is 407 g/mol. The first-order valence-corrected chi connectivity index (χ1v) is 9.36. The molecule has 29 heavy (non-hydrogen) atoms. The highest BCUT2D eigenvalue weighted by molar-refractivity contribution is 7.80. The van der Waals surface area contributed by atoms with Crippen molar-refractivity contribution in [1.82, 2.24) is 10.3 Å². The Labute approximate surface area is 174 Å². The summed E-state index contributed by atoms with van der Waals surface area (Å²) in [5.74, 6) is 1.98. The zero-order valence-corrected chi connectivity index (χ0v) is 17.0. The van der Waals surface area contributed by atoms with Crippen LogP contribution in [0.15, 0.2) is 48.5 Å². The molecule has 1 aromatic heterocycles. The molecular weight excluding hydrogens is 386 g/mol. The summed E-state index contributed by atoms with van der Waals surface area (Å²) in [5, 5.41) is 20.2. The van der Waals surface area contributed by atoms with Crippen molar-refractivity contribution in [2.24, 2.45) is 0 Å². The van der Waals surface area contributed by atoms with Crippen LogP contribution in [0.2, 0.25) is 0 Å². The fraction of sp³-hybridized carbons (Fsp3) is 0.190. The zero-order chi connectivity index (χ0) is 20.6. The van der Waals surface area contributed by atoms with E-state index in [1.165, 1.54) is 0 Å². The maximum absolute atomic E-state index is 9.44. The summed E-state index contributed by atoms with van der Waals surface area (Å²) in [5.41, 5.74) is 2.05. The van der Waals surface area contributed by atoms with Crippen molar-refractivity contribution in [2.45, 2.75) is 0 Å². The standard InChI is InChI=1S/C21H21N5O2S/c1-27-16-7-8-17-14(12-16)11-15(13-22)20(25-17)23-9-10-24-21(29)26-18-5-3-4-6-19(18)28-2/h3-8,11-12H,9-10H2,1-2H3,(H,23,25)(H2,24,26,29). The van der Waals surface area contributed by atoms with Crippen molar-refractivity contribution < 1.29 is 9.47 Å². The molecule has 148 valence electrons. The third-order valence-electron chi connectivity index (χ3n) is 4.20. The number of methoxy groups -OCH3 is 2. The molecule has 0 unspecified atom stereocenters. The van der Waals surface area contributed by atoms with Crippen LogP contribution < -0.4 is 25.4 Å². The van der Waals surface area contributed by atoms with Gasteiger partial charge in [-0.05, 0) is 48.6 Å². The number of hydrogen-bond acceptors (Lipinski definition) is 6. The molecule has 3 N–H and O–H groups in total. The Morgan fingerprint density at radius 3 is 2.69 bits per heavy atom. The van der Waals surface area contributed by atoms with Gasteiger partial charge in [-0.1, -0.05) is 12.1 Å². The number of fused-ring (bicyclic) bond motifs is 1. The number of hydrogen-bond donors (Lipinski definition) is 3. The van der Waals surface area contributed by atoms with Crippen molar-refractivity contribution in [1.29, 1.82) is 5.26 Å². The molecule has 0 aliphatic heterocycles.